The zero-order valence-corrected chi connectivity index (χ0v) is 17.7. The van der Waals surface area contributed by atoms with Crippen LogP contribution in [0.5, 0.6) is 0 Å². The van der Waals surface area contributed by atoms with Crippen molar-refractivity contribution in [3.05, 3.63) is 11.8 Å². The molecule has 4 bridgehead atoms. The molecule has 1 aromatic rings. The number of aryl methyl sites for hydroxylation is 1. The minimum Gasteiger partial charge on any atom is -0.451 e. The number of hydrogen-bond donors (Lipinski definition) is 2. The predicted octanol–water partition coefficient (Wildman–Crippen LogP) is 2.97. The summed E-state index contributed by atoms with van der Waals surface area (Å²) in [5.41, 5.74) is 0.129. The fourth-order valence-corrected chi connectivity index (χ4v) is 6.23. The Morgan fingerprint density at radius 3 is 2.37 bits per heavy atom. The number of carbonyl (C=O) groups excluding carboxylic acids is 3. The number of hydrogen-bond acceptors (Lipinski definition) is 6. The lowest BCUT2D eigenvalue weighted by atomic mass is 9.49. The number of nitrogens with zero attached hydrogens (tertiary/aromatic N) is 1. The third-order valence-electron chi connectivity index (χ3n) is 6.95. The zero-order chi connectivity index (χ0) is 21.3. The minimum absolute atomic E-state index is 0.0931. The van der Waals surface area contributed by atoms with Crippen LogP contribution in [0.25, 0.3) is 0 Å². The smallest absolute Gasteiger partial charge is 0.326 e. The van der Waals surface area contributed by atoms with Crippen LogP contribution in [0.4, 0.5) is 5.82 Å². The Bertz CT molecular complexity index is 782. The first-order valence-electron chi connectivity index (χ1n) is 11.0. The highest BCUT2D eigenvalue weighted by atomic mass is 16.5. The Labute approximate surface area is 176 Å². The van der Waals surface area contributed by atoms with Crippen LogP contribution in [0.1, 0.15) is 64.1 Å². The molecule has 5 rings (SSSR count). The second kappa shape index (κ2) is 8.40. The minimum atomic E-state index is -0.949. The van der Waals surface area contributed by atoms with E-state index in [1.165, 1.54) is 19.3 Å². The van der Waals surface area contributed by atoms with E-state index in [4.69, 9.17) is 9.26 Å². The molecule has 4 saturated carbocycles. The van der Waals surface area contributed by atoms with E-state index in [1.807, 2.05) is 0 Å². The molecule has 0 radical (unpaired) electrons. The molecular formula is C22H31N3O5. The summed E-state index contributed by atoms with van der Waals surface area (Å²) in [6.07, 6.45) is 7.31. The molecule has 0 aromatic carbocycles. The normalized spacial score (nSPS) is 30.0. The predicted molar refractivity (Wildman–Crippen MR) is 108 cm³/mol. The SMILES string of the molecule is CCC(OC(=O)CNC(=O)CC12CC3CC(CC(C3)C1)C2)C(=O)Nc1cc(C)on1. The van der Waals surface area contributed by atoms with Gasteiger partial charge in [-0.3, -0.25) is 14.4 Å². The van der Waals surface area contributed by atoms with Gasteiger partial charge in [0.05, 0.1) is 0 Å². The molecule has 0 saturated heterocycles. The molecular weight excluding hydrogens is 386 g/mol. The van der Waals surface area contributed by atoms with Gasteiger partial charge in [0.15, 0.2) is 11.9 Å². The molecule has 1 unspecified atom stereocenters. The van der Waals surface area contributed by atoms with Gasteiger partial charge in [0.25, 0.3) is 5.91 Å². The molecule has 164 valence electrons. The lowest BCUT2D eigenvalue weighted by molar-refractivity contribution is -0.154. The number of aromatic nitrogens is 1. The molecule has 8 heteroatoms. The van der Waals surface area contributed by atoms with Gasteiger partial charge in [-0.1, -0.05) is 12.1 Å². The summed E-state index contributed by atoms with van der Waals surface area (Å²) in [6, 6.07) is 1.58. The number of amides is 2. The van der Waals surface area contributed by atoms with Crippen molar-refractivity contribution in [2.75, 3.05) is 11.9 Å². The average molecular weight is 418 g/mol. The molecule has 4 fully saturated rings. The molecule has 4 aliphatic carbocycles. The summed E-state index contributed by atoms with van der Waals surface area (Å²) >= 11 is 0. The molecule has 1 aromatic heterocycles. The maximum atomic E-state index is 12.5. The first-order valence-corrected chi connectivity index (χ1v) is 11.0. The summed E-state index contributed by atoms with van der Waals surface area (Å²) in [5, 5.41) is 8.96. The second-order valence-corrected chi connectivity index (χ2v) is 9.57. The van der Waals surface area contributed by atoms with Gasteiger partial charge in [0, 0.05) is 12.5 Å². The largest absolute Gasteiger partial charge is 0.451 e. The molecule has 2 N–H and O–H groups in total. The number of anilines is 1. The van der Waals surface area contributed by atoms with Crippen molar-refractivity contribution in [2.45, 2.75) is 71.3 Å². The van der Waals surface area contributed by atoms with Gasteiger partial charge in [-0.05, 0) is 75.0 Å². The molecule has 2 amide bonds. The van der Waals surface area contributed by atoms with Crippen LogP contribution in [0.15, 0.2) is 10.6 Å². The first kappa shape index (κ1) is 20.9. The van der Waals surface area contributed by atoms with Crippen molar-refractivity contribution in [2.24, 2.45) is 23.2 Å². The highest BCUT2D eigenvalue weighted by Crippen LogP contribution is 2.61. The molecule has 0 spiro atoms. The summed E-state index contributed by atoms with van der Waals surface area (Å²) in [7, 11) is 0. The Hall–Kier alpha value is -2.38. The summed E-state index contributed by atoms with van der Waals surface area (Å²) < 4.78 is 10.2. The Balaban J connectivity index is 1.23. The fraction of sp³-hybridized carbons (Fsp3) is 0.727. The fourth-order valence-electron chi connectivity index (χ4n) is 6.23. The van der Waals surface area contributed by atoms with Crippen LogP contribution in [0.2, 0.25) is 0 Å². The van der Waals surface area contributed by atoms with Crippen molar-refractivity contribution in [3.8, 4) is 0 Å². The maximum absolute atomic E-state index is 12.5. The Kier molecular flexibility index (Phi) is 5.84. The zero-order valence-electron chi connectivity index (χ0n) is 17.7. The quantitative estimate of drug-likeness (QED) is 0.629. The number of rotatable bonds is 8. The highest BCUT2D eigenvalue weighted by Gasteiger charge is 2.51. The highest BCUT2D eigenvalue weighted by molar-refractivity contribution is 5.94. The first-order chi connectivity index (χ1) is 14.3. The van der Waals surface area contributed by atoms with Crippen LogP contribution in [0, 0.1) is 30.1 Å². The Morgan fingerprint density at radius 1 is 1.20 bits per heavy atom. The van der Waals surface area contributed by atoms with Crippen molar-refractivity contribution in [3.63, 3.8) is 0 Å². The van der Waals surface area contributed by atoms with Gasteiger partial charge in [0.1, 0.15) is 12.3 Å². The van der Waals surface area contributed by atoms with E-state index in [-0.39, 0.29) is 23.7 Å². The molecule has 8 nitrogen and oxygen atoms in total. The van der Waals surface area contributed by atoms with Crippen LogP contribution in [-0.4, -0.2) is 35.6 Å². The Morgan fingerprint density at radius 2 is 1.83 bits per heavy atom. The monoisotopic (exact) mass is 417 g/mol. The lowest BCUT2D eigenvalue weighted by Crippen LogP contribution is -2.48. The van der Waals surface area contributed by atoms with Gasteiger partial charge in [-0.25, -0.2) is 0 Å². The third-order valence-corrected chi connectivity index (χ3v) is 6.95. The summed E-state index contributed by atoms with van der Waals surface area (Å²) in [6.45, 7) is 3.24. The molecule has 1 atom stereocenters. The lowest BCUT2D eigenvalue weighted by Gasteiger charge is -2.56. The van der Waals surface area contributed by atoms with Crippen LogP contribution >= 0.6 is 0 Å². The van der Waals surface area contributed by atoms with Crippen molar-refractivity contribution < 1.29 is 23.6 Å². The van der Waals surface area contributed by atoms with Gasteiger partial charge >= 0.3 is 5.97 Å². The summed E-state index contributed by atoms with van der Waals surface area (Å²) in [4.78, 5) is 37.0. The van der Waals surface area contributed by atoms with Gasteiger partial charge in [0.2, 0.25) is 5.91 Å². The number of carbonyl (C=O) groups is 3. The van der Waals surface area contributed by atoms with E-state index in [1.54, 1.807) is 19.9 Å². The number of ether oxygens (including phenoxy) is 1. The van der Waals surface area contributed by atoms with Crippen molar-refractivity contribution >= 4 is 23.6 Å². The topological polar surface area (TPSA) is 111 Å². The molecule has 4 aliphatic rings. The van der Waals surface area contributed by atoms with E-state index in [0.717, 1.165) is 37.0 Å². The van der Waals surface area contributed by atoms with E-state index >= 15 is 0 Å². The van der Waals surface area contributed by atoms with Gasteiger partial charge < -0.3 is 19.9 Å². The maximum Gasteiger partial charge on any atom is 0.326 e. The summed E-state index contributed by atoms with van der Waals surface area (Å²) in [5.74, 6) is 2.01. The van der Waals surface area contributed by atoms with Gasteiger partial charge in [-0.2, -0.15) is 0 Å². The van der Waals surface area contributed by atoms with Crippen molar-refractivity contribution in [1.82, 2.24) is 10.5 Å². The standard InChI is InChI=1S/C22H31N3O5/c1-3-17(21(28)24-18-4-13(2)30-25-18)29-20(27)12-23-19(26)11-22-8-14-5-15(9-22)7-16(6-14)10-22/h4,14-17H,3,5-12H2,1-2H3,(H,23,26)(H,24,25,28). The molecule has 0 aliphatic heterocycles. The van der Waals surface area contributed by atoms with Crippen LogP contribution in [-0.2, 0) is 19.1 Å². The van der Waals surface area contributed by atoms with Crippen molar-refractivity contribution in [1.29, 1.82) is 0 Å². The van der Waals surface area contributed by atoms with Crippen LogP contribution in [0.3, 0.4) is 0 Å². The second-order valence-electron chi connectivity index (χ2n) is 9.57. The average Bonchev–Trinajstić information content (AvgIpc) is 3.07. The third kappa shape index (κ3) is 4.68. The van der Waals surface area contributed by atoms with E-state index < -0.39 is 18.0 Å². The number of nitrogens with one attached hydrogen (secondary N) is 2. The van der Waals surface area contributed by atoms with Gasteiger partial charge in [-0.15, -0.1) is 0 Å². The number of esters is 1. The van der Waals surface area contributed by atoms with E-state index in [0.29, 0.717) is 18.6 Å². The van der Waals surface area contributed by atoms with E-state index in [9.17, 15) is 14.4 Å². The molecule has 1 heterocycles. The van der Waals surface area contributed by atoms with E-state index in [2.05, 4.69) is 15.8 Å². The van der Waals surface area contributed by atoms with Crippen LogP contribution < -0.4 is 10.6 Å². The molecule has 30 heavy (non-hydrogen) atoms.